The molecule has 0 nitrogen and oxygen atoms in total. The van der Waals surface area contributed by atoms with Gasteiger partial charge in [-0.3, -0.25) is 0 Å². The topological polar surface area (TPSA) is 0 Å². The first kappa shape index (κ1) is 27.2. The van der Waals surface area contributed by atoms with Crippen LogP contribution < -0.4 is 0 Å². The van der Waals surface area contributed by atoms with E-state index in [4.69, 9.17) is 0 Å². The summed E-state index contributed by atoms with van der Waals surface area (Å²) in [5, 5.41) is 0. The predicted octanol–water partition coefficient (Wildman–Crippen LogP) is 9.74. The third-order valence-corrected chi connectivity index (χ3v) is 4.30. The molecule has 26 heavy (non-hydrogen) atoms. The highest BCUT2D eigenvalue weighted by Gasteiger charge is 1.88. The van der Waals surface area contributed by atoms with Gasteiger partial charge in [0.2, 0.25) is 0 Å². The maximum Gasteiger partial charge on any atom is -0.0348 e. The molecule has 0 atom stereocenters. The largest absolute Gasteiger partial charge is 0.103 e. The molecule has 0 aliphatic rings. The van der Waals surface area contributed by atoms with Crippen LogP contribution in [0.2, 0.25) is 0 Å². The lowest BCUT2D eigenvalue weighted by atomic mass is 10.1. The molecular weight excluding hydrogens is 312 g/mol. The van der Waals surface area contributed by atoms with Crippen molar-refractivity contribution in [2.75, 3.05) is 0 Å². The molecule has 0 unspecified atom stereocenters. The van der Waals surface area contributed by atoms with Gasteiger partial charge in [0, 0.05) is 0 Å². The fraction of sp³-hybridized carbons (Fsp3) is 0.692. The second-order valence-electron chi connectivity index (χ2n) is 6.98. The summed E-state index contributed by atoms with van der Waals surface area (Å²) in [4.78, 5) is 0. The lowest BCUT2D eigenvalue weighted by molar-refractivity contribution is 0.611. The highest BCUT2D eigenvalue weighted by Crippen LogP contribution is 2.08. The molecule has 0 heterocycles. The van der Waals surface area contributed by atoms with Crippen molar-refractivity contribution in [3.63, 3.8) is 0 Å². The Balaban J connectivity index is 0. The first-order chi connectivity index (χ1) is 12.8. The second kappa shape index (κ2) is 28.8. The molecule has 0 heteroatoms. The lowest BCUT2D eigenvalue weighted by Gasteiger charge is -1.97. The Morgan fingerprint density at radius 2 is 1.04 bits per heavy atom. The lowest BCUT2D eigenvalue weighted by Crippen LogP contribution is -1.77. The van der Waals surface area contributed by atoms with Crippen LogP contribution >= 0.6 is 0 Å². The van der Waals surface area contributed by atoms with E-state index >= 15 is 0 Å². The van der Waals surface area contributed by atoms with Gasteiger partial charge >= 0.3 is 0 Å². The summed E-state index contributed by atoms with van der Waals surface area (Å²) in [6.07, 6.45) is 35.3. The van der Waals surface area contributed by atoms with Gasteiger partial charge in [-0.15, -0.1) is 6.58 Å². The van der Waals surface area contributed by atoms with Crippen LogP contribution in [0.4, 0.5) is 0 Å². The molecule has 0 aromatic rings. The number of allylic oxidation sites excluding steroid dienone is 7. The quantitative estimate of drug-likeness (QED) is 0.179. The third-order valence-electron chi connectivity index (χ3n) is 4.30. The Morgan fingerprint density at radius 3 is 1.65 bits per heavy atom. The normalized spacial score (nSPS) is 11.3. The number of hydrogen-bond acceptors (Lipinski definition) is 0. The smallest absolute Gasteiger partial charge is 0.0348 e. The van der Waals surface area contributed by atoms with Crippen LogP contribution in [0.3, 0.4) is 0 Å². The van der Waals surface area contributed by atoms with Crippen LogP contribution in [0, 0.1) is 0 Å². The molecule has 0 rings (SSSR count). The molecule has 0 amide bonds. The van der Waals surface area contributed by atoms with Gasteiger partial charge in [-0.1, -0.05) is 88.5 Å². The van der Waals surface area contributed by atoms with E-state index < -0.39 is 0 Å². The predicted molar refractivity (Wildman–Crippen MR) is 124 cm³/mol. The molecule has 0 aliphatic carbocycles. The Labute approximate surface area is 166 Å². The molecule has 0 spiro atoms. The fourth-order valence-electron chi connectivity index (χ4n) is 2.63. The maximum absolute atomic E-state index is 3.73. The van der Waals surface area contributed by atoms with Gasteiger partial charge < -0.3 is 0 Å². The summed E-state index contributed by atoms with van der Waals surface area (Å²) in [7, 11) is 0. The first-order valence-electron chi connectivity index (χ1n) is 11.3. The van der Waals surface area contributed by atoms with Crippen LogP contribution in [0.25, 0.3) is 0 Å². The maximum atomic E-state index is 3.73. The summed E-state index contributed by atoms with van der Waals surface area (Å²) in [5.74, 6) is 0. The molecule has 0 saturated heterocycles. The van der Waals surface area contributed by atoms with Crippen molar-refractivity contribution in [3.05, 3.63) is 49.1 Å². The Hall–Kier alpha value is -1.04. The van der Waals surface area contributed by atoms with E-state index in [0.29, 0.717) is 0 Å². The van der Waals surface area contributed by atoms with Crippen molar-refractivity contribution in [2.45, 2.75) is 117 Å². The van der Waals surface area contributed by atoms with E-state index in [1.807, 2.05) is 6.08 Å². The molecule has 0 bridgehead atoms. The molecule has 0 fully saturated rings. The number of rotatable bonds is 17. The minimum absolute atomic E-state index is 1.17. The molecule has 0 aromatic carbocycles. The van der Waals surface area contributed by atoms with Crippen LogP contribution in [0.15, 0.2) is 49.1 Å². The van der Waals surface area contributed by atoms with Crippen molar-refractivity contribution >= 4 is 0 Å². The van der Waals surface area contributed by atoms with Crippen molar-refractivity contribution in [1.29, 1.82) is 0 Å². The number of hydrogen-bond donors (Lipinski definition) is 0. The molecule has 0 radical (unpaired) electrons. The Kier molecular flexibility index (Phi) is 30.1. The van der Waals surface area contributed by atoms with Gasteiger partial charge in [0.05, 0.1) is 0 Å². The summed E-state index contributed by atoms with van der Waals surface area (Å²) in [6.45, 7) is 10.2. The van der Waals surface area contributed by atoms with Gasteiger partial charge in [-0.2, -0.15) is 0 Å². The van der Waals surface area contributed by atoms with E-state index in [9.17, 15) is 0 Å². The monoisotopic (exact) mass is 360 g/mol. The highest BCUT2D eigenvalue weighted by atomic mass is 13.9. The van der Waals surface area contributed by atoms with Crippen LogP contribution in [-0.2, 0) is 0 Å². The molecule has 0 aliphatic heterocycles. The Bertz CT molecular complexity index is 319. The molecule has 0 saturated carbocycles. The first-order valence-corrected chi connectivity index (χ1v) is 11.3. The highest BCUT2D eigenvalue weighted by molar-refractivity contribution is 4.83. The standard InChI is InChI=1S/C16H30.C10H18/c1-3-5-7-9-11-13-15-16-14-12-10-8-6-4-2;1-3-5-7-9-10-8-6-4-2/h3,13,15H,1,4-12,14,16H2,2H3;3,5-6,8H,4,7,9-10H2,1-2H3. The minimum Gasteiger partial charge on any atom is -0.103 e. The van der Waals surface area contributed by atoms with Gasteiger partial charge in [0.15, 0.2) is 0 Å². The van der Waals surface area contributed by atoms with E-state index in [-0.39, 0.29) is 0 Å². The van der Waals surface area contributed by atoms with E-state index in [2.05, 4.69) is 63.8 Å². The van der Waals surface area contributed by atoms with E-state index in [1.54, 1.807) is 0 Å². The minimum atomic E-state index is 1.17. The van der Waals surface area contributed by atoms with Crippen LogP contribution in [0.5, 0.6) is 0 Å². The number of unbranched alkanes of at least 4 members (excludes halogenated alkanes) is 11. The zero-order valence-electron chi connectivity index (χ0n) is 18.4. The Morgan fingerprint density at radius 1 is 0.538 bits per heavy atom. The van der Waals surface area contributed by atoms with Crippen LogP contribution in [-0.4, -0.2) is 0 Å². The van der Waals surface area contributed by atoms with Gasteiger partial charge in [0.25, 0.3) is 0 Å². The zero-order valence-corrected chi connectivity index (χ0v) is 18.4. The van der Waals surface area contributed by atoms with Crippen LogP contribution in [0.1, 0.15) is 117 Å². The second-order valence-corrected chi connectivity index (χ2v) is 6.98. The van der Waals surface area contributed by atoms with Crippen molar-refractivity contribution in [3.8, 4) is 0 Å². The van der Waals surface area contributed by atoms with Gasteiger partial charge in [0.1, 0.15) is 0 Å². The zero-order chi connectivity index (χ0) is 19.6. The summed E-state index contributed by atoms with van der Waals surface area (Å²) in [6, 6.07) is 0. The average molecular weight is 361 g/mol. The van der Waals surface area contributed by atoms with Gasteiger partial charge in [-0.05, 0) is 71.1 Å². The fourth-order valence-corrected chi connectivity index (χ4v) is 2.63. The van der Waals surface area contributed by atoms with Crippen molar-refractivity contribution < 1.29 is 0 Å². The SMILES string of the molecule is C=CCCCCC=CCCCCCCCC.CC=CCCCC=CCC. The van der Waals surface area contributed by atoms with Crippen molar-refractivity contribution in [2.24, 2.45) is 0 Å². The van der Waals surface area contributed by atoms with E-state index in [0.717, 1.165) is 0 Å². The molecule has 0 N–H and O–H groups in total. The van der Waals surface area contributed by atoms with Gasteiger partial charge in [-0.25, -0.2) is 0 Å². The summed E-state index contributed by atoms with van der Waals surface area (Å²) >= 11 is 0. The molecule has 0 aromatic heterocycles. The molecule has 152 valence electrons. The summed E-state index contributed by atoms with van der Waals surface area (Å²) < 4.78 is 0. The molecular formula is C26H48. The van der Waals surface area contributed by atoms with Crippen molar-refractivity contribution in [1.82, 2.24) is 0 Å². The summed E-state index contributed by atoms with van der Waals surface area (Å²) in [5.41, 5.74) is 0. The third kappa shape index (κ3) is 30.8. The average Bonchev–Trinajstić information content (AvgIpc) is 2.66. The van der Waals surface area contributed by atoms with E-state index in [1.165, 1.54) is 96.3 Å².